The second kappa shape index (κ2) is 6.66. The first-order valence-corrected chi connectivity index (χ1v) is 7.16. The van der Waals surface area contributed by atoms with Crippen LogP contribution in [0.5, 0.6) is 0 Å². The van der Waals surface area contributed by atoms with Crippen LogP contribution >= 0.6 is 15.9 Å². The fraction of sp³-hybridized carbons (Fsp3) is 0.571. The normalized spacial score (nSPS) is 22.3. The second-order valence-corrected chi connectivity index (χ2v) is 5.73. The molecule has 1 N–H and O–H groups in total. The SMILES string of the molecule is COC[C@@H]1CCCN1C[C@@H](O)c1ccc(Br)cc1. The third-order valence-electron chi connectivity index (χ3n) is 3.52. The van der Waals surface area contributed by atoms with Crippen molar-refractivity contribution in [2.24, 2.45) is 0 Å². The standard InChI is InChI=1S/C14H20BrNO2/c1-18-10-13-3-2-8-16(13)9-14(17)11-4-6-12(15)7-5-11/h4-7,13-14,17H,2-3,8-10H2,1H3/t13-,14+/m0/s1. The van der Waals surface area contributed by atoms with E-state index < -0.39 is 6.10 Å². The molecule has 0 amide bonds. The van der Waals surface area contributed by atoms with Gasteiger partial charge >= 0.3 is 0 Å². The van der Waals surface area contributed by atoms with E-state index in [-0.39, 0.29) is 0 Å². The zero-order valence-corrected chi connectivity index (χ0v) is 12.3. The Kier molecular flexibility index (Phi) is 5.18. The second-order valence-electron chi connectivity index (χ2n) is 4.81. The number of aliphatic hydroxyl groups excluding tert-OH is 1. The summed E-state index contributed by atoms with van der Waals surface area (Å²) in [6, 6.07) is 8.33. The van der Waals surface area contributed by atoms with Crippen LogP contribution in [0.25, 0.3) is 0 Å². The van der Waals surface area contributed by atoms with Crippen LogP contribution in [0.15, 0.2) is 28.7 Å². The minimum Gasteiger partial charge on any atom is -0.387 e. The predicted octanol–water partition coefficient (Wildman–Crippen LogP) is 2.59. The summed E-state index contributed by atoms with van der Waals surface area (Å²) < 4.78 is 6.27. The first-order valence-electron chi connectivity index (χ1n) is 6.37. The molecular weight excluding hydrogens is 294 g/mol. The molecular formula is C14H20BrNO2. The first-order chi connectivity index (χ1) is 8.70. The summed E-state index contributed by atoms with van der Waals surface area (Å²) in [5, 5.41) is 10.3. The number of hydrogen-bond acceptors (Lipinski definition) is 3. The Morgan fingerprint density at radius 1 is 1.44 bits per heavy atom. The number of benzene rings is 1. The van der Waals surface area contributed by atoms with Crippen LogP contribution in [0, 0.1) is 0 Å². The van der Waals surface area contributed by atoms with Crippen molar-refractivity contribution in [3.05, 3.63) is 34.3 Å². The van der Waals surface area contributed by atoms with Gasteiger partial charge in [0.2, 0.25) is 0 Å². The molecule has 18 heavy (non-hydrogen) atoms. The van der Waals surface area contributed by atoms with Crippen molar-refractivity contribution < 1.29 is 9.84 Å². The van der Waals surface area contributed by atoms with Crippen LogP contribution in [0.1, 0.15) is 24.5 Å². The Morgan fingerprint density at radius 2 is 2.17 bits per heavy atom. The number of methoxy groups -OCH3 is 1. The van der Waals surface area contributed by atoms with E-state index >= 15 is 0 Å². The summed E-state index contributed by atoms with van der Waals surface area (Å²) in [7, 11) is 1.74. The van der Waals surface area contributed by atoms with E-state index in [2.05, 4.69) is 20.8 Å². The molecule has 0 unspecified atom stereocenters. The quantitative estimate of drug-likeness (QED) is 0.907. The van der Waals surface area contributed by atoms with Gasteiger partial charge < -0.3 is 9.84 Å². The maximum absolute atomic E-state index is 10.3. The number of halogens is 1. The van der Waals surface area contributed by atoms with Crippen molar-refractivity contribution in [2.45, 2.75) is 25.0 Å². The van der Waals surface area contributed by atoms with Gasteiger partial charge in [-0.25, -0.2) is 0 Å². The van der Waals surface area contributed by atoms with Gasteiger partial charge in [0.1, 0.15) is 0 Å². The van der Waals surface area contributed by atoms with E-state index in [0.717, 1.165) is 23.2 Å². The van der Waals surface area contributed by atoms with Crippen molar-refractivity contribution >= 4 is 15.9 Å². The Bertz CT molecular complexity index is 369. The smallest absolute Gasteiger partial charge is 0.0917 e. The number of hydrogen-bond donors (Lipinski definition) is 1. The minimum atomic E-state index is -0.421. The predicted molar refractivity (Wildman–Crippen MR) is 75.6 cm³/mol. The van der Waals surface area contributed by atoms with Crippen molar-refractivity contribution in [3.8, 4) is 0 Å². The molecule has 1 aliphatic rings. The molecule has 2 atom stereocenters. The maximum atomic E-state index is 10.3. The highest BCUT2D eigenvalue weighted by Crippen LogP contribution is 2.23. The molecule has 4 heteroatoms. The number of likely N-dealkylation sites (tertiary alicyclic amines) is 1. The van der Waals surface area contributed by atoms with Crippen LogP contribution in [-0.2, 0) is 4.74 Å². The summed E-state index contributed by atoms with van der Waals surface area (Å²) in [5.41, 5.74) is 0.973. The third-order valence-corrected chi connectivity index (χ3v) is 4.05. The molecule has 0 radical (unpaired) electrons. The Labute approximate surface area is 117 Å². The summed E-state index contributed by atoms with van der Waals surface area (Å²) in [5.74, 6) is 0. The van der Waals surface area contributed by atoms with Gasteiger partial charge in [-0.2, -0.15) is 0 Å². The summed E-state index contributed by atoms with van der Waals surface area (Å²) in [4.78, 5) is 2.33. The van der Waals surface area contributed by atoms with Crippen LogP contribution in [0.3, 0.4) is 0 Å². The fourth-order valence-corrected chi connectivity index (χ4v) is 2.79. The molecule has 1 aliphatic heterocycles. The average molecular weight is 314 g/mol. The van der Waals surface area contributed by atoms with Gasteiger partial charge in [0.15, 0.2) is 0 Å². The monoisotopic (exact) mass is 313 g/mol. The highest BCUT2D eigenvalue weighted by atomic mass is 79.9. The van der Waals surface area contributed by atoms with Crippen molar-refractivity contribution in [2.75, 3.05) is 26.8 Å². The van der Waals surface area contributed by atoms with Gasteiger partial charge in [0, 0.05) is 24.2 Å². The van der Waals surface area contributed by atoms with E-state index in [1.807, 2.05) is 24.3 Å². The molecule has 0 saturated carbocycles. The number of ether oxygens (including phenoxy) is 1. The molecule has 3 nitrogen and oxygen atoms in total. The summed E-state index contributed by atoms with van der Waals surface area (Å²) in [6.45, 7) is 2.50. The average Bonchev–Trinajstić information content (AvgIpc) is 2.78. The van der Waals surface area contributed by atoms with Crippen molar-refractivity contribution in [3.63, 3.8) is 0 Å². The zero-order chi connectivity index (χ0) is 13.0. The molecule has 0 aromatic heterocycles. The van der Waals surface area contributed by atoms with E-state index in [1.54, 1.807) is 7.11 Å². The third kappa shape index (κ3) is 3.54. The Balaban J connectivity index is 1.94. The van der Waals surface area contributed by atoms with E-state index in [0.29, 0.717) is 12.6 Å². The van der Waals surface area contributed by atoms with Crippen LogP contribution in [0.4, 0.5) is 0 Å². The largest absolute Gasteiger partial charge is 0.387 e. The zero-order valence-electron chi connectivity index (χ0n) is 10.7. The van der Waals surface area contributed by atoms with Crippen molar-refractivity contribution in [1.29, 1.82) is 0 Å². The molecule has 1 fully saturated rings. The van der Waals surface area contributed by atoms with Gasteiger partial charge in [-0.05, 0) is 37.1 Å². The van der Waals surface area contributed by atoms with E-state index in [9.17, 15) is 5.11 Å². The van der Waals surface area contributed by atoms with Gasteiger partial charge in [0.25, 0.3) is 0 Å². The molecule has 1 aromatic rings. The molecule has 100 valence electrons. The lowest BCUT2D eigenvalue weighted by Crippen LogP contribution is -2.36. The Hall–Kier alpha value is -0.420. The molecule has 0 spiro atoms. The summed E-state index contributed by atoms with van der Waals surface area (Å²) in [6.07, 6.45) is 1.94. The number of rotatable bonds is 5. The molecule has 2 rings (SSSR count). The lowest BCUT2D eigenvalue weighted by atomic mass is 10.1. The maximum Gasteiger partial charge on any atom is 0.0917 e. The van der Waals surface area contributed by atoms with E-state index in [1.165, 1.54) is 12.8 Å². The van der Waals surface area contributed by atoms with Gasteiger partial charge in [-0.3, -0.25) is 4.90 Å². The Morgan fingerprint density at radius 3 is 2.83 bits per heavy atom. The lowest BCUT2D eigenvalue weighted by Gasteiger charge is -2.26. The molecule has 1 aromatic carbocycles. The molecule has 1 heterocycles. The topological polar surface area (TPSA) is 32.7 Å². The lowest BCUT2D eigenvalue weighted by molar-refractivity contribution is 0.0703. The highest BCUT2D eigenvalue weighted by Gasteiger charge is 2.26. The number of aliphatic hydroxyl groups is 1. The molecule has 1 saturated heterocycles. The fourth-order valence-electron chi connectivity index (χ4n) is 2.53. The first kappa shape index (κ1) is 14.0. The minimum absolute atomic E-state index is 0.421. The molecule has 0 bridgehead atoms. The van der Waals surface area contributed by atoms with Crippen LogP contribution in [0.2, 0.25) is 0 Å². The van der Waals surface area contributed by atoms with Crippen molar-refractivity contribution in [1.82, 2.24) is 4.90 Å². The number of β-amino-alcohol motifs (C(OH)–C–C–N with tert-alkyl or cyclic N) is 1. The van der Waals surface area contributed by atoms with Crippen LogP contribution < -0.4 is 0 Å². The molecule has 0 aliphatic carbocycles. The van der Waals surface area contributed by atoms with Gasteiger partial charge in [0.05, 0.1) is 12.7 Å². The number of nitrogens with zero attached hydrogens (tertiary/aromatic N) is 1. The highest BCUT2D eigenvalue weighted by molar-refractivity contribution is 9.10. The summed E-state index contributed by atoms with van der Waals surface area (Å²) >= 11 is 3.40. The van der Waals surface area contributed by atoms with Gasteiger partial charge in [-0.1, -0.05) is 28.1 Å². The van der Waals surface area contributed by atoms with E-state index in [4.69, 9.17) is 4.74 Å². The van der Waals surface area contributed by atoms with Gasteiger partial charge in [-0.15, -0.1) is 0 Å². The van der Waals surface area contributed by atoms with Crippen LogP contribution in [-0.4, -0.2) is 42.9 Å².